The summed E-state index contributed by atoms with van der Waals surface area (Å²) in [5.41, 5.74) is -5.44. The zero-order valence-electron chi connectivity index (χ0n) is 28.0. The molecule has 15 heteroatoms. The molecule has 0 aromatic carbocycles. The molecule has 3 amide bonds. The summed E-state index contributed by atoms with van der Waals surface area (Å²) in [7, 11) is 1.12. The van der Waals surface area contributed by atoms with E-state index in [-0.39, 0.29) is 18.1 Å². The first-order valence-electron chi connectivity index (χ1n) is 14.2. The lowest BCUT2D eigenvalue weighted by Gasteiger charge is -2.35. The molecule has 0 fully saturated rings. The molecule has 44 heavy (non-hydrogen) atoms. The number of carbonyl (C=O) groups is 6. The Labute approximate surface area is 264 Å². The predicted octanol–water partition coefficient (Wildman–Crippen LogP) is 1.85. The van der Waals surface area contributed by atoms with Crippen LogP contribution in [0, 0.1) is 5.92 Å². The maximum absolute atomic E-state index is 13.5. The minimum Gasteiger partial charge on any atom is -0.467 e. The number of ether oxygens (including phenoxy) is 4. The molecule has 4 N–H and O–H groups in total. The highest BCUT2D eigenvalue weighted by Gasteiger charge is 2.52. The number of carbonyl (C=O) groups excluding carboxylic acids is 6. The van der Waals surface area contributed by atoms with E-state index in [2.05, 4.69) is 16.0 Å². The number of methoxy groups -OCH3 is 1. The SMILES string of the molecule is COC(=O)[C@H](CSC(CC(C)C)C(O)(C(=O)NCC(=O)OC(C)(C)C)C(=O)NCC(=O)OC(C)(C)C)NC(=O)OC(C)(C)C. The number of amides is 3. The molecule has 0 rings (SSSR count). The number of thioether (sulfide) groups is 1. The zero-order chi connectivity index (χ0) is 34.7. The molecular weight excluding hydrogens is 598 g/mol. The first-order chi connectivity index (χ1) is 19.8. The number of nitrogens with one attached hydrogen (secondary N) is 3. The van der Waals surface area contributed by atoms with E-state index in [1.54, 1.807) is 76.2 Å². The van der Waals surface area contributed by atoms with Gasteiger partial charge in [-0.2, -0.15) is 11.8 Å². The summed E-state index contributed by atoms with van der Waals surface area (Å²) in [4.78, 5) is 76.5. The van der Waals surface area contributed by atoms with Gasteiger partial charge in [-0.1, -0.05) is 13.8 Å². The number of aliphatic hydroxyl groups is 1. The van der Waals surface area contributed by atoms with Crippen LogP contribution < -0.4 is 16.0 Å². The maximum atomic E-state index is 13.5. The van der Waals surface area contributed by atoms with Gasteiger partial charge >= 0.3 is 24.0 Å². The fourth-order valence-electron chi connectivity index (χ4n) is 3.49. The lowest BCUT2D eigenvalue weighted by molar-refractivity contribution is -0.161. The molecular formula is C29H51N3O11S. The second-order valence-corrected chi connectivity index (χ2v) is 14.7. The van der Waals surface area contributed by atoms with Crippen LogP contribution in [0.3, 0.4) is 0 Å². The first-order valence-corrected chi connectivity index (χ1v) is 15.3. The van der Waals surface area contributed by atoms with Gasteiger partial charge in [-0.3, -0.25) is 19.2 Å². The van der Waals surface area contributed by atoms with Crippen molar-refractivity contribution in [3.05, 3.63) is 0 Å². The average molecular weight is 650 g/mol. The highest BCUT2D eigenvalue weighted by atomic mass is 32.2. The Hall–Kier alpha value is -3.07. The summed E-state index contributed by atoms with van der Waals surface area (Å²) in [5, 5.41) is 17.5. The largest absolute Gasteiger partial charge is 0.467 e. The van der Waals surface area contributed by atoms with Gasteiger partial charge in [-0.15, -0.1) is 0 Å². The van der Waals surface area contributed by atoms with Crippen molar-refractivity contribution in [2.45, 2.75) is 116 Å². The van der Waals surface area contributed by atoms with Gasteiger partial charge in [0.05, 0.1) is 12.4 Å². The van der Waals surface area contributed by atoms with Crippen molar-refractivity contribution in [2.24, 2.45) is 5.92 Å². The third-order valence-electron chi connectivity index (χ3n) is 5.11. The Kier molecular flexibility index (Phi) is 15.7. The van der Waals surface area contributed by atoms with E-state index in [0.717, 1.165) is 18.9 Å². The summed E-state index contributed by atoms with van der Waals surface area (Å²) in [6, 6.07) is -1.28. The Morgan fingerprint density at radius 1 is 0.727 bits per heavy atom. The van der Waals surface area contributed by atoms with Crippen LogP contribution in [0.15, 0.2) is 0 Å². The minimum atomic E-state index is -2.86. The molecule has 0 spiro atoms. The predicted molar refractivity (Wildman–Crippen MR) is 164 cm³/mol. The minimum absolute atomic E-state index is 0.0568. The van der Waals surface area contributed by atoms with Gasteiger partial charge in [0.2, 0.25) is 5.60 Å². The third kappa shape index (κ3) is 16.1. The van der Waals surface area contributed by atoms with Crippen molar-refractivity contribution < 1.29 is 52.8 Å². The number of hydrogen-bond donors (Lipinski definition) is 4. The number of esters is 3. The van der Waals surface area contributed by atoms with E-state index in [1.165, 1.54) is 0 Å². The van der Waals surface area contributed by atoms with Crippen molar-refractivity contribution in [3.8, 4) is 0 Å². The van der Waals surface area contributed by atoms with Crippen LogP contribution in [0.4, 0.5) is 4.79 Å². The first kappa shape index (κ1) is 40.9. The Morgan fingerprint density at radius 3 is 1.48 bits per heavy atom. The van der Waals surface area contributed by atoms with Gasteiger partial charge in [-0.25, -0.2) is 9.59 Å². The summed E-state index contributed by atoms with van der Waals surface area (Å²) in [6.45, 7) is 16.9. The molecule has 1 unspecified atom stereocenters. The fraction of sp³-hybridized carbons (Fsp3) is 0.793. The van der Waals surface area contributed by atoms with Crippen LogP contribution in [0.5, 0.6) is 0 Å². The normalized spacial score (nSPS) is 13.7. The van der Waals surface area contributed by atoms with Gasteiger partial charge in [0.1, 0.15) is 35.9 Å². The van der Waals surface area contributed by atoms with Crippen molar-refractivity contribution in [3.63, 3.8) is 0 Å². The van der Waals surface area contributed by atoms with E-state index in [4.69, 9.17) is 18.9 Å². The smallest absolute Gasteiger partial charge is 0.408 e. The van der Waals surface area contributed by atoms with Gasteiger partial charge in [0, 0.05) is 5.75 Å². The summed E-state index contributed by atoms with van der Waals surface area (Å²) < 4.78 is 20.4. The highest BCUT2D eigenvalue weighted by Crippen LogP contribution is 2.31. The molecule has 0 saturated carbocycles. The molecule has 0 bridgehead atoms. The van der Waals surface area contributed by atoms with Crippen LogP contribution in [-0.4, -0.2) is 101 Å². The monoisotopic (exact) mass is 649 g/mol. The van der Waals surface area contributed by atoms with Gasteiger partial charge < -0.3 is 40.0 Å². The lowest BCUT2D eigenvalue weighted by Crippen LogP contribution is -2.64. The second kappa shape index (κ2) is 16.8. The van der Waals surface area contributed by atoms with Crippen LogP contribution in [0.2, 0.25) is 0 Å². The van der Waals surface area contributed by atoms with Crippen LogP contribution in [0.25, 0.3) is 0 Å². The van der Waals surface area contributed by atoms with Crippen molar-refractivity contribution in [1.29, 1.82) is 0 Å². The van der Waals surface area contributed by atoms with E-state index >= 15 is 0 Å². The number of hydrogen-bond acceptors (Lipinski definition) is 12. The molecule has 2 atom stereocenters. The van der Waals surface area contributed by atoms with Crippen LogP contribution in [-0.2, 0) is 42.9 Å². The fourth-order valence-corrected chi connectivity index (χ4v) is 5.11. The summed E-state index contributed by atoms with van der Waals surface area (Å²) >= 11 is 0.839. The highest BCUT2D eigenvalue weighted by molar-refractivity contribution is 8.00. The Balaban J connectivity index is 6.34. The molecule has 14 nitrogen and oxygen atoms in total. The van der Waals surface area contributed by atoms with Crippen molar-refractivity contribution in [2.75, 3.05) is 26.0 Å². The van der Waals surface area contributed by atoms with Gasteiger partial charge in [0.25, 0.3) is 11.8 Å². The van der Waals surface area contributed by atoms with Gasteiger partial charge in [0.15, 0.2) is 0 Å². The van der Waals surface area contributed by atoms with E-state index in [0.29, 0.717) is 0 Å². The van der Waals surface area contributed by atoms with Crippen molar-refractivity contribution >= 4 is 47.6 Å². The molecule has 0 aliphatic heterocycles. The average Bonchev–Trinajstić information content (AvgIpc) is 2.82. The Morgan fingerprint density at radius 2 is 1.14 bits per heavy atom. The molecule has 0 aliphatic carbocycles. The van der Waals surface area contributed by atoms with Gasteiger partial charge in [-0.05, 0) is 74.7 Å². The summed E-state index contributed by atoms with van der Waals surface area (Å²) in [6.07, 6.45) is -0.851. The molecule has 0 heterocycles. The molecule has 0 saturated heterocycles. The zero-order valence-corrected chi connectivity index (χ0v) is 28.8. The summed E-state index contributed by atoms with van der Waals surface area (Å²) in [5.74, 6) is -5.38. The lowest BCUT2D eigenvalue weighted by atomic mass is 9.90. The van der Waals surface area contributed by atoms with E-state index in [1.807, 2.05) is 0 Å². The topological polar surface area (TPSA) is 196 Å². The number of rotatable bonds is 14. The van der Waals surface area contributed by atoms with Crippen molar-refractivity contribution in [1.82, 2.24) is 16.0 Å². The third-order valence-corrected chi connectivity index (χ3v) is 6.57. The molecule has 0 radical (unpaired) electrons. The molecule has 0 aromatic heterocycles. The standard InChI is InChI=1S/C29H51N3O11S/c1-17(2)13-19(44-16-18(22(35)40-12)32-25(38)43-28(9,10)11)29(39,23(36)30-14-20(33)41-26(3,4)5)24(37)31-15-21(34)42-27(6,7)8/h17-19,39H,13-16H2,1-12H3,(H,30,36)(H,31,37)(H,32,38)/t18-,19?/m0/s1. The molecule has 0 aromatic rings. The van der Waals surface area contributed by atoms with E-state index in [9.17, 15) is 33.9 Å². The molecule has 254 valence electrons. The van der Waals surface area contributed by atoms with Crippen LogP contribution in [0.1, 0.15) is 82.6 Å². The van der Waals surface area contributed by atoms with E-state index < -0.39 is 82.6 Å². The number of alkyl carbamates (subject to hydrolysis) is 1. The maximum Gasteiger partial charge on any atom is 0.408 e. The van der Waals surface area contributed by atoms with Crippen LogP contribution >= 0.6 is 11.8 Å². The quantitative estimate of drug-likeness (QED) is 0.121. The Bertz CT molecular complexity index is 983. The second-order valence-electron chi connectivity index (χ2n) is 13.5. The molecule has 0 aliphatic rings.